The molecule has 2 rings (SSSR count). The van der Waals surface area contributed by atoms with Crippen molar-refractivity contribution >= 4 is 0 Å². The van der Waals surface area contributed by atoms with Gasteiger partial charge in [0.1, 0.15) is 0 Å². The molecular formula is C17H28N2. The van der Waals surface area contributed by atoms with Crippen LogP contribution in [0.4, 0.5) is 0 Å². The molecular weight excluding hydrogens is 232 g/mol. The Morgan fingerprint density at radius 1 is 1.32 bits per heavy atom. The van der Waals surface area contributed by atoms with Crippen LogP contribution in [-0.4, -0.2) is 31.6 Å². The van der Waals surface area contributed by atoms with Gasteiger partial charge in [-0.15, -0.1) is 0 Å². The molecule has 0 radical (unpaired) electrons. The number of hydrogen-bond acceptors (Lipinski definition) is 2. The summed E-state index contributed by atoms with van der Waals surface area (Å²) in [6.45, 7) is 10.1. The summed E-state index contributed by atoms with van der Waals surface area (Å²) in [4.78, 5) is 2.49. The Kier molecular flexibility index (Phi) is 5.00. The summed E-state index contributed by atoms with van der Waals surface area (Å²) in [5.41, 5.74) is 2.74. The summed E-state index contributed by atoms with van der Waals surface area (Å²) in [7, 11) is 2.25. The molecule has 1 saturated carbocycles. The first-order valence-corrected chi connectivity index (χ1v) is 7.58. The maximum Gasteiger partial charge on any atom is 0.0449 e. The van der Waals surface area contributed by atoms with Crippen LogP contribution < -0.4 is 5.32 Å². The second kappa shape index (κ2) is 6.53. The Balaban J connectivity index is 1.93. The van der Waals surface area contributed by atoms with Gasteiger partial charge in [-0.25, -0.2) is 0 Å². The minimum Gasteiger partial charge on any atom is -0.309 e. The number of aryl methyl sites for hydroxylation is 1. The molecule has 0 aliphatic heterocycles. The number of nitrogens with one attached hydrogen (secondary N) is 1. The highest BCUT2D eigenvalue weighted by Crippen LogP contribution is 2.38. The molecule has 19 heavy (non-hydrogen) atoms. The van der Waals surface area contributed by atoms with Crippen LogP contribution >= 0.6 is 0 Å². The van der Waals surface area contributed by atoms with Crippen molar-refractivity contribution in [2.75, 3.05) is 26.7 Å². The molecule has 2 nitrogen and oxygen atoms in total. The third-order valence-corrected chi connectivity index (χ3v) is 4.25. The minimum absolute atomic E-state index is 0.449. The first-order chi connectivity index (χ1) is 9.10. The van der Waals surface area contributed by atoms with Gasteiger partial charge in [0, 0.05) is 19.1 Å². The van der Waals surface area contributed by atoms with E-state index < -0.39 is 0 Å². The normalized spacial score (nSPS) is 23.6. The zero-order valence-corrected chi connectivity index (χ0v) is 12.8. The van der Waals surface area contributed by atoms with Crippen LogP contribution in [0.25, 0.3) is 0 Å². The van der Waals surface area contributed by atoms with E-state index in [0.717, 1.165) is 24.9 Å². The highest BCUT2D eigenvalue weighted by molar-refractivity contribution is 5.24. The Morgan fingerprint density at radius 3 is 2.47 bits per heavy atom. The third-order valence-electron chi connectivity index (χ3n) is 4.25. The van der Waals surface area contributed by atoms with E-state index in [-0.39, 0.29) is 0 Å². The van der Waals surface area contributed by atoms with Gasteiger partial charge in [-0.05, 0) is 44.3 Å². The number of benzene rings is 1. The Labute approximate surface area is 118 Å². The molecule has 3 atom stereocenters. The van der Waals surface area contributed by atoms with Gasteiger partial charge in [0.05, 0.1) is 0 Å². The lowest BCUT2D eigenvalue weighted by atomic mass is 10.0. The quantitative estimate of drug-likeness (QED) is 0.809. The fourth-order valence-electron chi connectivity index (χ4n) is 2.77. The van der Waals surface area contributed by atoms with E-state index in [9.17, 15) is 0 Å². The summed E-state index contributed by atoms with van der Waals surface area (Å²) in [5, 5.41) is 3.61. The summed E-state index contributed by atoms with van der Waals surface area (Å²) in [5.74, 6) is 1.88. The summed E-state index contributed by atoms with van der Waals surface area (Å²) in [6, 6.07) is 9.39. The molecule has 1 aromatic rings. The topological polar surface area (TPSA) is 15.3 Å². The smallest absolute Gasteiger partial charge is 0.0449 e. The molecule has 0 saturated heterocycles. The average molecular weight is 260 g/mol. The molecule has 0 aromatic heterocycles. The number of nitrogens with zero attached hydrogens (tertiary/aromatic N) is 1. The lowest BCUT2D eigenvalue weighted by Gasteiger charge is -2.25. The predicted octanol–water partition coefficient (Wildman–Crippen LogP) is 3.23. The van der Waals surface area contributed by atoms with Crippen LogP contribution in [0, 0.1) is 18.8 Å². The molecule has 0 bridgehead atoms. The van der Waals surface area contributed by atoms with Gasteiger partial charge < -0.3 is 10.2 Å². The van der Waals surface area contributed by atoms with Crippen molar-refractivity contribution in [1.29, 1.82) is 0 Å². The fourth-order valence-corrected chi connectivity index (χ4v) is 2.77. The Bertz CT molecular complexity index is 385. The maximum atomic E-state index is 3.61. The first kappa shape index (κ1) is 14.5. The minimum atomic E-state index is 0.449. The van der Waals surface area contributed by atoms with Gasteiger partial charge in [0.2, 0.25) is 0 Å². The van der Waals surface area contributed by atoms with E-state index >= 15 is 0 Å². The van der Waals surface area contributed by atoms with E-state index in [1.54, 1.807) is 0 Å². The molecule has 106 valence electrons. The monoisotopic (exact) mass is 260 g/mol. The molecule has 1 N–H and O–H groups in total. The second-order valence-corrected chi connectivity index (χ2v) is 6.22. The van der Waals surface area contributed by atoms with Gasteiger partial charge in [-0.1, -0.05) is 43.7 Å². The van der Waals surface area contributed by atoms with Crippen molar-refractivity contribution in [3.8, 4) is 0 Å². The van der Waals surface area contributed by atoms with Gasteiger partial charge in [0.25, 0.3) is 0 Å². The Hall–Kier alpha value is -0.860. The van der Waals surface area contributed by atoms with Crippen LogP contribution in [0.15, 0.2) is 24.3 Å². The van der Waals surface area contributed by atoms with Crippen molar-refractivity contribution < 1.29 is 0 Å². The molecule has 1 aromatic carbocycles. The number of rotatable bonds is 7. The van der Waals surface area contributed by atoms with Crippen molar-refractivity contribution in [3.63, 3.8) is 0 Å². The molecule has 0 heterocycles. The van der Waals surface area contributed by atoms with E-state index in [4.69, 9.17) is 0 Å². The van der Waals surface area contributed by atoms with Crippen molar-refractivity contribution in [2.24, 2.45) is 11.8 Å². The highest BCUT2D eigenvalue weighted by atomic mass is 15.1. The summed E-state index contributed by atoms with van der Waals surface area (Å²) >= 11 is 0. The lowest BCUT2D eigenvalue weighted by molar-refractivity contribution is 0.278. The number of hydrogen-bond donors (Lipinski definition) is 1. The molecule has 3 unspecified atom stereocenters. The molecule has 1 aliphatic carbocycles. The summed E-state index contributed by atoms with van der Waals surface area (Å²) < 4.78 is 0. The van der Waals surface area contributed by atoms with E-state index in [0.29, 0.717) is 6.04 Å². The predicted molar refractivity (Wildman–Crippen MR) is 82.4 cm³/mol. The summed E-state index contributed by atoms with van der Waals surface area (Å²) in [6.07, 6.45) is 1.42. The number of likely N-dealkylation sites (N-methyl/N-ethyl adjacent to an activating group) is 2. The van der Waals surface area contributed by atoms with Crippen molar-refractivity contribution in [3.05, 3.63) is 35.4 Å². The van der Waals surface area contributed by atoms with Crippen LogP contribution in [0.1, 0.15) is 37.4 Å². The van der Waals surface area contributed by atoms with Gasteiger partial charge in [0.15, 0.2) is 0 Å². The van der Waals surface area contributed by atoms with Crippen LogP contribution in [0.3, 0.4) is 0 Å². The van der Waals surface area contributed by atoms with Crippen molar-refractivity contribution in [1.82, 2.24) is 10.2 Å². The Morgan fingerprint density at radius 2 is 1.95 bits per heavy atom. The van der Waals surface area contributed by atoms with Gasteiger partial charge in [-0.3, -0.25) is 0 Å². The fraction of sp³-hybridized carbons (Fsp3) is 0.647. The molecule has 1 fully saturated rings. The second-order valence-electron chi connectivity index (χ2n) is 6.22. The standard InChI is InChI=1S/C17H28N2/c1-5-18-17(15-8-6-13(2)7-9-15)12-19(4)11-16-10-14(16)3/h6-9,14,16-18H,5,10-12H2,1-4H3. The molecule has 1 aliphatic rings. The van der Waals surface area contributed by atoms with Crippen LogP contribution in [0.2, 0.25) is 0 Å². The van der Waals surface area contributed by atoms with Crippen LogP contribution in [0.5, 0.6) is 0 Å². The highest BCUT2D eigenvalue weighted by Gasteiger charge is 2.33. The molecule has 0 amide bonds. The lowest BCUT2D eigenvalue weighted by Crippen LogP contribution is -2.34. The maximum absolute atomic E-state index is 3.61. The zero-order chi connectivity index (χ0) is 13.8. The third kappa shape index (κ3) is 4.32. The SMILES string of the molecule is CCNC(CN(C)CC1CC1C)c1ccc(C)cc1. The molecule has 0 spiro atoms. The molecule has 2 heteroatoms. The first-order valence-electron chi connectivity index (χ1n) is 7.58. The largest absolute Gasteiger partial charge is 0.309 e. The zero-order valence-electron chi connectivity index (χ0n) is 12.8. The van der Waals surface area contributed by atoms with Gasteiger partial charge in [-0.2, -0.15) is 0 Å². The van der Waals surface area contributed by atoms with Gasteiger partial charge >= 0.3 is 0 Å². The van der Waals surface area contributed by atoms with E-state index in [1.165, 1.54) is 24.1 Å². The van der Waals surface area contributed by atoms with Crippen molar-refractivity contribution in [2.45, 2.75) is 33.2 Å². The average Bonchev–Trinajstić information content (AvgIpc) is 3.05. The van der Waals surface area contributed by atoms with E-state index in [1.807, 2.05) is 0 Å². The van der Waals surface area contributed by atoms with E-state index in [2.05, 4.69) is 62.3 Å². The van der Waals surface area contributed by atoms with Crippen LogP contribution in [-0.2, 0) is 0 Å².